The lowest BCUT2D eigenvalue weighted by atomic mass is 10.6. The van der Waals surface area contributed by atoms with E-state index < -0.39 is 5.95 Å². The van der Waals surface area contributed by atoms with Gasteiger partial charge in [-0.15, -0.1) is 0 Å². The summed E-state index contributed by atoms with van der Waals surface area (Å²) < 4.78 is 13.8. The fraction of sp³-hybridized carbons (Fsp3) is 0.125. The third-order valence-corrected chi connectivity index (χ3v) is 1.30. The zero-order valence-electron chi connectivity index (χ0n) is 6.34. The van der Waals surface area contributed by atoms with Crippen molar-refractivity contribution < 1.29 is 4.39 Å². The summed E-state index contributed by atoms with van der Waals surface area (Å²) in [7, 11) is 0. The second-order valence-electron chi connectivity index (χ2n) is 2.19. The molecule has 0 saturated heterocycles. The summed E-state index contributed by atoms with van der Waals surface area (Å²) in [6.07, 6.45) is 3.05. The van der Waals surface area contributed by atoms with Crippen LogP contribution >= 0.6 is 0 Å². The van der Waals surface area contributed by atoms with Gasteiger partial charge in [0.05, 0.1) is 5.69 Å². The first-order valence-electron chi connectivity index (χ1n) is 3.18. The van der Waals surface area contributed by atoms with E-state index in [0.717, 1.165) is 5.69 Å². The van der Waals surface area contributed by atoms with Crippen molar-refractivity contribution in [1.82, 2.24) is 9.55 Å². The molecule has 11 heavy (non-hydrogen) atoms. The number of halogens is 1. The number of hydrogen-bond acceptors (Lipinski definition) is 1. The summed E-state index contributed by atoms with van der Waals surface area (Å²) in [6.45, 7) is 8.44. The second-order valence-corrected chi connectivity index (χ2v) is 2.19. The average molecular weight is 152 g/mol. The van der Waals surface area contributed by atoms with Gasteiger partial charge in [0.2, 0.25) is 0 Å². The minimum atomic E-state index is -0.541. The fourth-order valence-electron chi connectivity index (χ4n) is 0.855. The number of rotatable bonds is 2. The summed E-state index contributed by atoms with van der Waals surface area (Å²) in [6, 6.07) is 0. The first-order chi connectivity index (χ1) is 5.15. The van der Waals surface area contributed by atoms with E-state index in [9.17, 15) is 4.39 Å². The predicted molar refractivity (Wildman–Crippen MR) is 43.5 cm³/mol. The molecule has 0 fully saturated rings. The van der Waals surface area contributed by atoms with Gasteiger partial charge in [0.1, 0.15) is 5.82 Å². The molecule has 2 nitrogen and oxygen atoms in total. The van der Waals surface area contributed by atoms with E-state index in [1.807, 2.05) is 0 Å². The van der Waals surface area contributed by atoms with Crippen LogP contribution in [0.5, 0.6) is 0 Å². The Hall–Kier alpha value is -1.38. The van der Waals surface area contributed by atoms with Crippen LogP contribution in [-0.2, 0) is 0 Å². The zero-order valence-corrected chi connectivity index (χ0v) is 6.34. The molecule has 58 valence electrons. The second kappa shape index (κ2) is 2.70. The van der Waals surface area contributed by atoms with Gasteiger partial charge in [-0.1, -0.05) is 6.58 Å². The van der Waals surface area contributed by atoms with E-state index in [0.29, 0.717) is 5.82 Å². The van der Waals surface area contributed by atoms with Gasteiger partial charge in [-0.05, 0) is 19.6 Å². The largest absolute Gasteiger partial charge is 0.276 e. The molecule has 0 bridgehead atoms. The molecule has 0 unspecified atom stereocenters. The summed E-state index contributed by atoms with van der Waals surface area (Å²) in [4.78, 5) is 3.99. The van der Waals surface area contributed by atoms with Crippen LogP contribution in [0.2, 0.25) is 0 Å². The number of aryl methyl sites for hydroxylation is 1. The monoisotopic (exact) mass is 152 g/mol. The van der Waals surface area contributed by atoms with Crippen LogP contribution < -0.4 is 0 Å². The van der Waals surface area contributed by atoms with Gasteiger partial charge in [0, 0.05) is 6.20 Å². The van der Waals surface area contributed by atoms with Gasteiger partial charge >= 0.3 is 0 Å². The van der Waals surface area contributed by atoms with Crippen LogP contribution in [0.4, 0.5) is 4.39 Å². The van der Waals surface area contributed by atoms with E-state index in [2.05, 4.69) is 18.1 Å². The first-order valence-corrected chi connectivity index (χ1v) is 3.18. The van der Waals surface area contributed by atoms with Crippen molar-refractivity contribution >= 4 is 12.0 Å². The van der Waals surface area contributed by atoms with Crippen molar-refractivity contribution in [3.05, 3.63) is 30.9 Å². The molecule has 1 heterocycles. The van der Waals surface area contributed by atoms with Gasteiger partial charge in [-0.3, -0.25) is 4.57 Å². The molecule has 0 atom stereocenters. The molecule has 0 aliphatic rings. The van der Waals surface area contributed by atoms with Gasteiger partial charge < -0.3 is 0 Å². The summed E-state index contributed by atoms with van der Waals surface area (Å²) in [5.41, 5.74) is 0.749. The smallest absolute Gasteiger partial charge is 0.192 e. The maximum atomic E-state index is 12.6. The fourth-order valence-corrected chi connectivity index (χ4v) is 0.855. The lowest BCUT2D eigenvalue weighted by Gasteiger charge is -1.96. The van der Waals surface area contributed by atoms with Gasteiger partial charge in [0.25, 0.3) is 0 Å². The van der Waals surface area contributed by atoms with E-state index in [1.54, 1.807) is 13.1 Å². The highest BCUT2D eigenvalue weighted by Crippen LogP contribution is 2.10. The highest BCUT2D eigenvalue weighted by Gasteiger charge is 2.02. The zero-order chi connectivity index (χ0) is 8.43. The molecule has 3 heteroatoms. The molecule has 1 rings (SSSR count). The van der Waals surface area contributed by atoms with Crippen LogP contribution in [0, 0.1) is 6.92 Å². The van der Waals surface area contributed by atoms with Gasteiger partial charge in [-0.25, -0.2) is 4.98 Å². The van der Waals surface area contributed by atoms with Crippen molar-refractivity contribution in [2.24, 2.45) is 0 Å². The molecule has 0 saturated carbocycles. The highest BCUT2D eigenvalue weighted by atomic mass is 19.1. The Morgan fingerprint density at radius 3 is 2.82 bits per heavy atom. The molecular formula is C8H9FN2. The number of imidazole rings is 1. The van der Waals surface area contributed by atoms with Crippen molar-refractivity contribution in [2.45, 2.75) is 6.92 Å². The minimum Gasteiger partial charge on any atom is -0.276 e. The molecular weight excluding hydrogens is 143 g/mol. The molecule has 0 aliphatic heterocycles. The molecule has 0 spiro atoms. The minimum absolute atomic E-state index is 0.481. The van der Waals surface area contributed by atoms with Crippen LogP contribution in [0.1, 0.15) is 11.5 Å². The summed E-state index contributed by atoms with van der Waals surface area (Å²) >= 11 is 0. The third-order valence-electron chi connectivity index (χ3n) is 1.30. The summed E-state index contributed by atoms with van der Waals surface area (Å²) in [5, 5.41) is 0. The van der Waals surface area contributed by atoms with Crippen LogP contribution in [0.3, 0.4) is 0 Å². The third kappa shape index (κ3) is 1.37. The van der Waals surface area contributed by atoms with Crippen molar-refractivity contribution in [3.8, 4) is 0 Å². The highest BCUT2D eigenvalue weighted by molar-refractivity contribution is 5.46. The Labute approximate surface area is 64.7 Å². The molecule has 1 aromatic rings. The van der Waals surface area contributed by atoms with Gasteiger partial charge in [-0.2, -0.15) is 4.39 Å². The quantitative estimate of drug-likeness (QED) is 0.635. The maximum Gasteiger partial charge on any atom is 0.192 e. The summed E-state index contributed by atoms with van der Waals surface area (Å²) in [5.74, 6) is -0.0597. The SMILES string of the molecule is C=Cc1nc(C)cn1C(=C)F. The van der Waals surface area contributed by atoms with E-state index in [4.69, 9.17) is 0 Å². The number of hydrogen-bond donors (Lipinski definition) is 0. The van der Waals surface area contributed by atoms with E-state index in [-0.39, 0.29) is 0 Å². The average Bonchev–Trinajstić information content (AvgIpc) is 2.30. The molecule has 0 amide bonds. The normalized spacial score (nSPS) is 9.64. The van der Waals surface area contributed by atoms with Crippen molar-refractivity contribution in [3.63, 3.8) is 0 Å². The Morgan fingerprint density at radius 1 is 1.82 bits per heavy atom. The van der Waals surface area contributed by atoms with E-state index in [1.165, 1.54) is 10.6 Å². The Kier molecular flexibility index (Phi) is 1.89. The van der Waals surface area contributed by atoms with Crippen molar-refractivity contribution in [2.75, 3.05) is 0 Å². The van der Waals surface area contributed by atoms with Gasteiger partial charge in [0.15, 0.2) is 5.95 Å². The first kappa shape index (κ1) is 7.72. The molecule has 0 N–H and O–H groups in total. The lowest BCUT2D eigenvalue weighted by Crippen LogP contribution is -1.91. The Morgan fingerprint density at radius 2 is 2.45 bits per heavy atom. The topological polar surface area (TPSA) is 17.8 Å². The van der Waals surface area contributed by atoms with Crippen LogP contribution in [0.15, 0.2) is 19.4 Å². The lowest BCUT2D eigenvalue weighted by molar-refractivity contribution is 0.688. The predicted octanol–water partition coefficient (Wildman–Crippen LogP) is 2.23. The molecule has 0 aliphatic carbocycles. The van der Waals surface area contributed by atoms with Crippen LogP contribution in [-0.4, -0.2) is 9.55 Å². The maximum absolute atomic E-state index is 12.6. The Bertz CT molecular complexity index is 299. The molecule has 0 radical (unpaired) electrons. The number of aromatic nitrogens is 2. The van der Waals surface area contributed by atoms with Crippen molar-refractivity contribution in [1.29, 1.82) is 0 Å². The molecule has 1 aromatic heterocycles. The Balaban J connectivity index is 3.22. The van der Waals surface area contributed by atoms with Crippen LogP contribution in [0.25, 0.3) is 12.0 Å². The standard InChI is InChI=1S/C8H9FN2/c1-4-8-10-6(2)5-11(8)7(3)9/h4-5H,1,3H2,2H3. The number of nitrogens with zero attached hydrogens (tertiary/aromatic N) is 2. The van der Waals surface area contributed by atoms with E-state index >= 15 is 0 Å². The molecule has 0 aromatic carbocycles.